The Labute approximate surface area is 145 Å². The van der Waals surface area contributed by atoms with Crippen LogP contribution in [-0.2, 0) is 11.3 Å². The first-order valence-corrected chi connectivity index (χ1v) is 9.29. The normalized spacial score (nSPS) is 23.8. The lowest BCUT2D eigenvalue weighted by Gasteiger charge is -2.27. The fourth-order valence-corrected chi connectivity index (χ4v) is 3.78. The van der Waals surface area contributed by atoms with E-state index in [4.69, 9.17) is 0 Å². The third-order valence-electron chi connectivity index (χ3n) is 5.30. The molecule has 1 atom stereocenters. The highest BCUT2D eigenvalue weighted by Gasteiger charge is 2.32. The van der Waals surface area contributed by atoms with E-state index < -0.39 is 0 Å². The predicted molar refractivity (Wildman–Crippen MR) is 94.7 cm³/mol. The van der Waals surface area contributed by atoms with E-state index in [1.54, 1.807) is 0 Å². The molecule has 1 aromatic heterocycles. The number of hydrogen-bond acceptors (Lipinski definition) is 4. The summed E-state index contributed by atoms with van der Waals surface area (Å²) in [4.78, 5) is 19.5. The van der Waals surface area contributed by atoms with Gasteiger partial charge in [-0.2, -0.15) is 5.10 Å². The highest BCUT2D eigenvalue weighted by atomic mass is 16.2. The van der Waals surface area contributed by atoms with Crippen LogP contribution in [0.15, 0.2) is 12.4 Å². The summed E-state index contributed by atoms with van der Waals surface area (Å²) < 4.78 is 2.01. The first-order chi connectivity index (χ1) is 11.5. The summed E-state index contributed by atoms with van der Waals surface area (Å²) in [5.41, 5.74) is 1.26. The van der Waals surface area contributed by atoms with Gasteiger partial charge in [0.2, 0.25) is 5.91 Å². The van der Waals surface area contributed by atoms with Crippen molar-refractivity contribution in [2.75, 3.05) is 39.8 Å². The summed E-state index contributed by atoms with van der Waals surface area (Å²) >= 11 is 0. The zero-order valence-corrected chi connectivity index (χ0v) is 15.3. The van der Waals surface area contributed by atoms with Crippen LogP contribution in [0.2, 0.25) is 0 Å². The molecule has 134 valence electrons. The van der Waals surface area contributed by atoms with Gasteiger partial charge in [0.1, 0.15) is 0 Å². The molecule has 2 fully saturated rings. The molecule has 1 amide bonds. The standard InChI is InChI=1S/C18H31N5O/c1-15(2)23-14-16(12-19-23)13-21-8-5-9-22(11-10-21)18(24)17-6-4-7-20(17)3/h12,14-15,17H,4-11,13H2,1-3H3/t17-/m0/s1. The Morgan fingerprint density at radius 3 is 2.71 bits per heavy atom. The van der Waals surface area contributed by atoms with Gasteiger partial charge in [0.25, 0.3) is 0 Å². The van der Waals surface area contributed by atoms with E-state index in [1.807, 2.05) is 10.9 Å². The van der Waals surface area contributed by atoms with Gasteiger partial charge in [0, 0.05) is 50.5 Å². The molecule has 0 aromatic carbocycles. The Bertz CT molecular complexity index is 555. The van der Waals surface area contributed by atoms with Crippen molar-refractivity contribution in [2.24, 2.45) is 0 Å². The lowest BCUT2D eigenvalue weighted by molar-refractivity contribution is -0.135. The molecular weight excluding hydrogens is 302 g/mol. The minimum atomic E-state index is 0.112. The van der Waals surface area contributed by atoms with Crippen LogP contribution in [0.5, 0.6) is 0 Å². The van der Waals surface area contributed by atoms with Gasteiger partial charge in [-0.25, -0.2) is 0 Å². The maximum atomic E-state index is 12.8. The van der Waals surface area contributed by atoms with E-state index in [0.29, 0.717) is 11.9 Å². The lowest BCUT2D eigenvalue weighted by Crippen LogP contribution is -2.45. The van der Waals surface area contributed by atoms with E-state index in [-0.39, 0.29) is 6.04 Å². The van der Waals surface area contributed by atoms with Gasteiger partial charge >= 0.3 is 0 Å². The maximum Gasteiger partial charge on any atom is 0.239 e. The smallest absolute Gasteiger partial charge is 0.239 e. The fourth-order valence-electron chi connectivity index (χ4n) is 3.78. The molecule has 0 saturated carbocycles. The third-order valence-corrected chi connectivity index (χ3v) is 5.30. The predicted octanol–water partition coefficient (Wildman–Crippen LogP) is 1.59. The van der Waals surface area contributed by atoms with Crippen molar-refractivity contribution >= 4 is 5.91 Å². The highest BCUT2D eigenvalue weighted by Crippen LogP contribution is 2.18. The number of likely N-dealkylation sites (tertiary alicyclic amines) is 1. The van der Waals surface area contributed by atoms with Crippen molar-refractivity contribution in [1.29, 1.82) is 0 Å². The second-order valence-corrected chi connectivity index (χ2v) is 7.52. The summed E-state index contributed by atoms with van der Waals surface area (Å²) in [6, 6.07) is 0.514. The SMILES string of the molecule is CC(C)n1cc(CN2CCCN(C(=O)[C@@H]3CCCN3C)CC2)cn1. The zero-order chi connectivity index (χ0) is 17.1. The first kappa shape index (κ1) is 17.4. The molecule has 0 spiro atoms. The van der Waals surface area contributed by atoms with Crippen LogP contribution in [0.1, 0.15) is 44.7 Å². The Morgan fingerprint density at radius 1 is 1.21 bits per heavy atom. The molecule has 24 heavy (non-hydrogen) atoms. The van der Waals surface area contributed by atoms with Gasteiger partial charge in [-0.3, -0.25) is 19.3 Å². The average Bonchev–Trinajstić information content (AvgIpc) is 3.12. The Morgan fingerprint density at radius 2 is 2.04 bits per heavy atom. The average molecular weight is 333 g/mol. The first-order valence-electron chi connectivity index (χ1n) is 9.29. The molecule has 0 bridgehead atoms. The summed E-state index contributed by atoms with van der Waals surface area (Å²) in [7, 11) is 2.08. The number of hydrogen-bond donors (Lipinski definition) is 0. The van der Waals surface area contributed by atoms with E-state index in [0.717, 1.165) is 58.5 Å². The third kappa shape index (κ3) is 3.98. The minimum Gasteiger partial charge on any atom is -0.340 e. The quantitative estimate of drug-likeness (QED) is 0.839. The number of carbonyl (C=O) groups is 1. The molecular formula is C18H31N5O. The van der Waals surface area contributed by atoms with E-state index in [1.165, 1.54) is 5.56 Å². The van der Waals surface area contributed by atoms with Gasteiger partial charge in [-0.15, -0.1) is 0 Å². The van der Waals surface area contributed by atoms with Crippen molar-refractivity contribution in [2.45, 2.75) is 51.7 Å². The Hall–Kier alpha value is -1.40. The molecule has 6 nitrogen and oxygen atoms in total. The molecule has 2 aliphatic rings. The summed E-state index contributed by atoms with van der Waals surface area (Å²) in [6.45, 7) is 10.0. The number of amides is 1. The fraction of sp³-hybridized carbons (Fsp3) is 0.778. The number of likely N-dealkylation sites (N-methyl/N-ethyl adjacent to an activating group) is 1. The van der Waals surface area contributed by atoms with Crippen molar-refractivity contribution in [3.63, 3.8) is 0 Å². The Balaban J connectivity index is 1.53. The molecule has 0 N–H and O–H groups in total. The molecule has 2 aliphatic heterocycles. The van der Waals surface area contributed by atoms with E-state index >= 15 is 0 Å². The highest BCUT2D eigenvalue weighted by molar-refractivity contribution is 5.82. The van der Waals surface area contributed by atoms with Crippen LogP contribution in [-0.4, -0.2) is 76.2 Å². The molecule has 6 heteroatoms. The van der Waals surface area contributed by atoms with E-state index in [2.05, 4.69) is 46.9 Å². The van der Waals surface area contributed by atoms with Crippen LogP contribution in [0.4, 0.5) is 0 Å². The molecule has 1 aromatic rings. The maximum absolute atomic E-state index is 12.8. The van der Waals surface area contributed by atoms with Gasteiger partial charge < -0.3 is 4.90 Å². The van der Waals surface area contributed by atoms with Crippen LogP contribution in [0.25, 0.3) is 0 Å². The topological polar surface area (TPSA) is 44.6 Å². The van der Waals surface area contributed by atoms with Gasteiger partial charge in [-0.1, -0.05) is 0 Å². The number of rotatable bonds is 4. The molecule has 0 radical (unpaired) electrons. The van der Waals surface area contributed by atoms with E-state index in [9.17, 15) is 4.79 Å². The van der Waals surface area contributed by atoms with Crippen molar-refractivity contribution < 1.29 is 4.79 Å². The van der Waals surface area contributed by atoms with Crippen molar-refractivity contribution in [1.82, 2.24) is 24.5 Å². The number of nitrogens with zero attached hydrogens (tertiary/aromatic N) is 5. The molecule has 3 heterocycles. The number of aromatic nitrogens is 2. The van der Waals surface area contributed by atoms with Crippen molar-refractivity contribution in [3.05, 3.63) is 18.0 Å². The monoisotopic (exact) mass is 333 g/mol. The minimum absolute atomic E-state index is 0.112. The van der Waals surface area contributed by atoms with Crippen LogP contribution in [0, 0.1) is 0 Å². The number of carbonyl (C=O) groups excluding carboxylic acids is 1. The lowest BCUT2D eigenvalue weighted by atomic mass is 10.2. The largest absolute Gasteiger partial charge is 0.340 e. The molecule has 0 unspecified atom stereocenters. The van der Waals surface area contributed by atoms with Crippen LogP contribution in [0.3, 0.4) is 0 Å². The van der Waals surface area contributed by atoms with Gasteiger partial charge in [-0.05, 0) is 46.7 Å². The Kier molecular flexibility index (Phi) is 5.56. The summed E-state index contributed by atoms with van der Waals surface area (Å²) in [5, 5.41) is 4.43. The van der Waals surface area contributed by atoms with Crippen LogP contribution < -0.4 is 0 Å². The van der Waals surface area contributed by atoms with Gasteiger partial charge in [0.15, 0.2) is 0 Å². The second-order valence-electron chi connectivity index (χ2n) is 7.52. The molecule has 0 aliphatic carbocycles. The van der Waals surface area contributed by atoms with Gasteiger partial charge in [0.05, 0.1) is 12.2 Å². The van der Waals surface area contributed by atoms with Crippen molar-refractivity contribution in [3.8, 4) is 0 Å². The molecule has 2 saturated heterocycles. The van der Waals surface area contributed by atoms with Crippen LogP contribution >= 0.6 is 0 Å². The molecule has 3 rings (SSSR count). The summed E-state index contributed by atoms with van der Waals surface area (Å²) in [5.74, 6) is 0.337. The second kappa shape index (κ2) is 7.66. The summed E-state index contributed by atoms with van der Waals surface area (Å²) in [6.07, 6.45) is 7.34. The zero-order valence-electron chi connectivity index (χ0n) is 15.3.